The normalized spacial score (nSPS) is 23.7. The molecule has 0 spiro atoms. The van der Waals surface area contributed by atoms with E-state index in [0.29, 0.717) is 25.7 Å². The number of rotatable bonds is 2. The number of carbonyl (C=O) groups excluding carboxylic acids is 2. The molecule has 0 N–H and O–H groups in total. The van der Waals surface area contributed by atoms with E-state index in [0.717, 1.165) is 0 Å². The van der Waals surface area contributed by atoms with Crippen molar-refractivity contribution in [2.75, 3.05) is 0 Å². The van der Waals surface area contributed by atoms with Gasteiger partial charge in [-0.15, -0.1) is 0 Å². The average molecular weight is 156 g/mol. The van der Waals surface area contributed by atoms with Crippen LogP contribution in [-0.2, 0) is 14.3 Å². The second kappa shape index (κ2) is 3.51. The van der Waals surface area contributed by atoms with Crippen molar-refractivity contribution in [2.45, 2.75) is 38.7 Å². The van der Waals surface area contributed by atoms with Crippen molar-refractivity contribution >= 4 is 11.8 Å². The summed E-state index contributed by atoms with van der Waals surface area (Å²) in [7, 11) is 0. The van der Waals surface area contributed by atoms with Crippen LogP contribution in [0, 0.1) is 0 Å². The molecule has 3 heteroatoms. The largest absolute Gasteiger partial charge is 0.462 e. The van der Waals surface area contributed by atoms with Crippen LogP contribution < -0.4 is 0 Å². The van der Waals surface area contributed by atoms with E-state index in [1.54, 1.807) is 6.92 Å². The van der Waals surface area contributed by atoms with Gasteiger partial charge in [-0.25, -0.2) is 0 Å². The van der Waals surface area contributed by atoms with Crippen molar-refractivity contribution in [1.29, 1.82) is 0 Å². The van der Waals surface area contributed by atoms with Crippen molar-refractivity contribution in [3.63, 3.8) is 0 Å². The maximum Gasteiger partial charge on any atom is 0.305 e. The summed E-state index contributed by atoms with van der Waals surface area (Å²) in [4.78, 5) is 21.5. The van der Waals surface area contributed by atoms with Crippen LogP contribution in [0.1, 0.15) is 32.6 Å². The van der Waals surface area contributed by atoms with E-state index in [9.17, 15) is 9.59 Å². The topological polar surface area (TPSA) is 43.4 Å². The predicted molar refractivity (Wildman–Crippen MR) is 39.0 cm³/mol. The van der Waals surface area contributed by atoms with Crippen molar-refractivity contribution in [3.05, 3.63) is 0 Å². The number of ether oxygens (including phenoxy) is 1. The first kappa shape index (κ1) is 8.24. The van der Waals surface area contributed by atoms with Gasteiger partial charge in [0.25, 0.3) is 0 Å². The summed E-state index contributed by atoms with van der Waals surface area (Å²) in [5, 5.41) is 0. The van der Waals surface area contributed by atoms with Crippen LogP contribution in [-0.4, -0.2) is 17.9 Å². The fourth-order valence-corrected chi connectivity index (χ4v) is 1.15. The van der Waals surface area contributed by atoms with Gasteiger partial charge in [-0.05, 0) is 6.42 Å². The third-order valence-corrected chi connectivity index (χ3v) is 1.79. The number of hydrogen-bond acceptors (Lipinski definition) is 3. The zero-order valence-electron chi connectivity index (χ0n) is 6.63. The Morgan fingerprint density at radius 1 is 1.73 bits per heavy atom. The van der Waals surface area contributed by atoms with E-state index in [2.05, 4.69) is 0 Å². The summed E-state index contributed by atoms with van der Waals surface area (Å²) in [6.45, 7) is 1.75. The molecule has 1 saturated carbocycles. The highest BCUT2D eigenvalue weighted by atomic mass is 16.5. The van der Waals surface area contributed by atoms with E-state index in [1.165, 1.54) is 0 Å². The van der Waals surface area contributed by atoms with E-state index in [4.69, 9.17) is 4.74 Å². The highest BCUT2D eigenvalue weighted by Crippen LogP contribution is 2.18. The second-order valence-electron chi connectivity index (χ2n) is 2.75. The zero-order valence-corrected chi connectivity index (χ0v) is 6.63. The molecule has 1 unspecified atom stereocenters. The molecule has 1 aliphatic rings. The lowest BCUT2D eigenvalue weighted by Crippen LogP contribution is -2.14. The quantitative estimate of drug-likeness (QED) is 0.561. The molecular weight excluding hydrogens is 144 g/mol. The highest BCUT2D eigenvalue weighted by Gasteiger charge is 2.24. The van der Waals surface area contributed by atoms with Crippen molar-refractivity contribution < 1.29 is 14.3 Å². The molecule has 0 aromatic heterocycles. The van der Waals surface area contributed by atoms with Crippen molar-refractivity contribution in [2.24, 2.45) is 0 Å². The van der Waals surface area contributed by atoms with Crippen LogP contribution in [0.2, 0.25) is 0 Å². The molecule has 0 aliphatic heterocycles. The lowest BCUT2D eigenvalue weighted by atomic mass is 10.3. The SMILES string of the molecule is CCC(=O)OC1CCC(=O)C1. The molecule has 1 rings (SSSR count). The maximum atomic E-state index is 10.7. The Bertz CT molecular complexity index is 174. The number of hydrogen-bond donors (Lipinski definition) is 0. The molecule has 1 atom stereocenters. The number of Topliss-reactive ketones (excluding diaryl/α,β-unsaturated/α-hetero) is 1. The molecule has 0 amide bonds. The van der Waals surface area contributed by atoms with Crippen LogP contribution >= 0.6 is 0 Å². The Kier molecular flexibility index (Phi) is 2.63. The first-order valence-corrected chi connectivity index (χ1v) is 3.93. The van der Waals surface area contributed by atoms with Gasteiger partial charge in [0.15, 0.2) is 0 Å². The maximum absolute atomic E-state index is 10.7. The van der Waals surface area contributed by atoms with E-state index in [-0.39, 0.29) is 17.9 Å². The zero-order chi connectivity index (χ0) is 8.27. The summed E-state index contributed by atoms with van der Waals surface area (Å²) in [5.41, 5.74) is 0. The minimum atomic E-state index is -0.204. The molecule has 3 nitrogen and oxygen atoms in total. The Labute approximate surface area is 65.7 Å². The van der Waals surface area contributed by atoms with Gasteiger partial charge >= 0.3 is 5.97 Å². The molecule has 62 valence electrons. The monoisotopic (exact) mass is 156 g/mol. The first-order chi connectivity index (χ1) is 5.22. The molecule has 0 bridgehead atoms. The molecule has 0 heterocycles. The minimum Gasteiger partial charge on any atom is -0.462 e. The smallest absolute Gasteiger partial charge is 0.305 e. The van der Waals surface area contributed by atoms with E-state index in [1.807, 2.05) is 0 Å². The fourth-order valence-electron chi connectivity index (χ4n) is 1.15. The molecule has 1 fully saturated rings. The molecular formula is C8H12O3. The van der Waals surface area contributed by atoms with Gasteiger partial charge in [-0.2, -0.15) is 0 Å². The van der Waals surface area contributed by atoms with Crippen molar-refractivity contribution in [1.82, 2.24) is 0 Å². The van der Waals surface area contributed by atoms with Gasteiger partial charge in [0, 0.05) is 19.3 Å². The summed E-state index contributed by atoms with van der Waals surface area (Å²) in [6, 6.07) is 0. The van der Waals surface area contributed by atoms with Gasteiger partial charge in [-0.3, -0.25) is 9.59 Å². The summed E-state index contributed by atoms with van der Waals surface area (Å²) in [6.07, 6.45) is 1.97. The third-order valence-electron chi connectivity index (χ3n) is 1.79. The number of carbonyl (C=O) groups is 2. The standard InChI is InChI=1S/C8H12O3/c1-2-8(10)11-7-4-3-6(9)5-7/h7H,2-5H2,1H3. The molecule has 0 radical (unpaired) electrons. The van der Waals surface area contributed by atoms with Gasteiger partial charge in [0.05, 0.1) is 0 Å². The van der Waals surface area contributed by atoms with Gasteiger partial charge in [-0.1, -0.05) is 6.92 Å². The Hall–Kier alpha value is -0.860. The molecule has 1 aliphatic carbocycles. The van der Waals surface area contributed by atoms with Crippen molar-refractivity contribution in [3.8, 4) is 0 Å². The molecule has 0 aromatic rings. The first-order valence-electron chi connectivity index (χ1n) is 3.93. The third kappa shape index (κ3) is 2.33. The summed E-state index contributed by atoms with van der Waals surface area (Å²) in [5.74, 6) is 0.00334. The fraction of sp³-hybridized carbons (Fsp3) is 0.750. The number of ketones is 1. The van der Waals surface area contributed by atoms with Crippen LogP contribution in [0.15, 0.2) is 0 Å². The van der Waals surface area contributed by atoms with Crippen LogP contribution in [0.25, 0.3) is 0 Å². The number of esters is 1. The Morgan fingerprint density at radius 3 is 2.91 bits per heavy atom. The minimum absolute atomic E-state index is 0.130. The van der Waals surface area contributed by atoms with E-state index >= 15 is 0 Å². The summed E-state index contributed by atoms with van der Waals surface area (Å²) < 4.78 is 4.97. The lowest BCUT2D eigenvalue weighted by Gasteiger charge is -2.08. The Balaban J connectivity index is 2.28. The average Bonchev–Trinajstić information content (AvgIpc) is 2.35. The molecule has 0 aromatic carbocycles. The summed E-state index contributed by atoms with van der Waals surface area (Å²) >= 11 is 0. The van der Waals surface area contributed by atoms with E-state index < -0.39 is 0 Å². The van der Waals surface area contributed by atoms with Crippen LogP contribution in [0.5, 0.6) is 0 Å². The highest BCUT2D eigenvalue weighted by molar-refractivity contribution is 5.81. The van der Waals surface area contributed by atoms with Crippen LogP contribution in [0.4, 0.5) is 0 Å². The Morgan fingerprint density at radius 2 is 2.45 bits per heavy atom. The predicted octanol–water partition coefficient (Wildman–Crippen LogP) is 1.06. The second-order valence-corrected chi connectivity index (χ2v) is 2.75. The molecule has 11 heavy (non-hydrogen) atoms. The van der Waals surface area contributed by atoms with Gasteiger partial charge < -0.3 is 4.74 Å². The van der Waals surface area contributed by atoms with Gasteiger partial charge in [0.2, 0.25) is 0 Å². The molecule has 0 saturated heterocycles. The van der Waals surface area contributed by atoms with Crippen LogP contribution in [0.3, 0.4) is 0 Å². The lowest BCUT2D eigenvalue weighted by molar-refractivity contribution is -0.148. The van der Waals surface area contributed by atoms with Gasteiger partial charge in [0.1, 0.15) is 11.9 Å².